The van der Waals surface area contributed by atoms with E-state index in [-0.39, 0.29) is 5.91 Å². The fourth-order valence-corrected chi connectivity index (χ4v) is 1.94. The van der Waals surface area contributed by atoms with Crippen LogP contribution in [-0.2, 0) is 4.79 Å². The number of amides is 1. The highest BCUT2D eigenvalue weighted by Crippen LogP contribution is 2.28. The fourth-order valence-electron chi connectivity index (χ4n) is 1.94. The van der Waals surface area contributed by atoms with Crippen LogP contribution < -0.4 is 5.01 Å². The van der Waals surface area contributed by atoms with E-state index in [1.165, 1.54) is 5.01 Å². The van der Waals surface area contributed by atoms with E-state index in [0.717, 1.165) is 16.5 Å². The van der Waals surface area contributed by atoms with Crippen molar-refractivity contribution in [2.45, 2.75) is 6.42 Å². The number of benzene rings is 2. The molecule has 0 aromatic heterocycles. The van der Waals surface area contributed by atoms with Crippen LogP contribution in [0.25, 0.3) is 10.8 Å². The molecule has 0 atom stereocenters. The Hall–Kier alpha value is -2.16. The first-order valence-corrected chi connectivity index (χ1v) is 5.19. The van der Waals surface area contributed by atoms with Crippen LogP contribution in [0.15, 0.2) is 47.6 Å². The van der Waals surface area contributed by atoms with Gasteiger partial charge in [-0.05, 0) is 11.5 Å². The molecule has 78 valence electrons. The van der Waals surface area contributed by atoms with Gasteiger partial charge in [0.25, 0.3) is 5.91 Å². The van der Waals surface area contributed by atoms with Gasteiger partial charge in [-0.25, -0.2) is 5.01 Å². The Bertz CT molecular complexity index is 584. The highest BCUT2D eigenvalue weighted by molar-refractivity contribution is 6.10. The standard InChI is InChI=1S/C13H10N2O/c16-13-8-9-14-15(13)12-7-3-5-10-4-1-2-6-11(10)12/h1-7,9H,8H2. The minimum atomic E-state index is 0.0244. The van der Waals surface area contributed by atoms with Crippen LogP contribution in [0.3, 0.4) is 0 Å². The number of fused-ring (bicyclic) bond motifs is 1. The lowest BCUT2D eigenvalue weighted by molar-refractivity contribution is -0.116. The maximum absolute atomic E-state index is 11.6. The number of carbonyl (C=O) groups excluding carboxylic acids is 1. The Kier molecular flexibility index (Phi) is 1.96. The first-order valence-electron chi connectivity index (χ1n) is 5.19. The quantitative estimate of drug-likeness (QED) is 0.712. The molecule has 2 aromatic carbocycles. The average molecular weight is 210 g/mol. The summed E-state index contributed by atoms with van der Waals surface area (Å²) in [6, 6.07) is 13.9. The molecule has 0 unspecified atom stereocenters. The molecule has 0 fully saturated rings. The summed E-state index contributed by atoms with van der Waals surface area (Å²) in [5, 5.41) is 7.74. The SMILES string of the molecule is O=C1CC=NN1c1cccc2ccccc12. The molecule has 3 rings (SSSR count). The second-order valence-electron chi connectivity index (χ2n) is 3.71. The minimum absolute atomic E-state index is 0.0244. The van der Waals surface area contributed by atoms with Gasteiger partial charge in [0.1, 0.15) is 0 Å². The van der Waals surface area contributed by atoms with E-state index in [9.17, 15) is 4.79 Å². The third-order valence-electron chi connectivity index (χ3n) is 2.69. The van der Waals surface area contributed by atoms with Gasteiger partial charge in [-0.2, -0.15) is 5.10 Å². The molecule has 1 aliphatic rings. The van der Waals surface area contributed by atoms with Crippen molar-refractivity contribution in [2.75, 3.05) is 5.01 Å². The normalized spacial score (nSPS) is 15.0. The summed E-state index contributed by atoms with van der Waals surface area (Å²) in [4.78, 5) is 11.6. The van der Waals surface area contributed by atoms with Crippen molar-refractivity contribution in [3.05, 3.63) is 42.5 Å². The van der Waals surface area contributed by atoms with Crippen molar-refractivity contribution in [3.8, 4) is 0 Å². The van der Waals surface area contributed by atoms with E-state index in [1.807, 2.05) is 42.5 Å². The molecule has 0 N–H and O–H groups in total. The van der Waals surface area contributed by atoms with Crippen molar-refractivity contribution in [1.29, 1.82) is 0 Å². The van der Waals surface area contributed by atoms with Gasteiger partial charge in [0, 0.05) is 11.6 Å². The highest BCUT2D eigenvalue weighted by atomic mass is 16.2. The summed E-state index contributed by atoms with van der Waals surface area (Å²) in [6.07, 6.45) is 2.04. The Labute approximate surface area is 93.0 Å². The molecule has 0 spiro atoms. The Morgan fingerprint density at radius 2 is 1.88 bits per heavy atom. The molecule has 2 aromatic rings. The molecule has 0 saturated carbocycles. The number of hydrogen-bond donors (Lipinski definition) is 0. The van der Waals surface area contributed by atoms with Crippen LogP contribution in [0.5, 0.6) is 0 Å². The van der Waals surface area contributed by atoms with E-state index in [2.05, 4.69) is 5.10 Å². The summed E-state index contributed by atoms with van der Waals surface area (Å²) in [5.74, 6) is 0.0244. The van der Waals surface area contributed by atoms with Crippen molar-refractivity contribution in [2.24, 2.45) is 5.10 Å². The van der Waals surface area contributed by atoms with Gasteiger partial charge in [0.05, 0.1) is 12.1 Å². The fraction of sp³-hybridized carbons (Fsp3) is 0.0769. The molecular formula is C13H10N2O. The lowest BCUT2D eigenvalue weighted by Gasteiger charge is -2.14. The third kappa shape index (κ3) is 1.29. The van der Waals surface area contributed by atoms with E-state index in [1.54, 1.807) is 6.21 Å². The van der Waals surface area contributed by atoms with Crippen molar-refractivity contribution >= 4 is 28.6 Å². The first-order chi connectivity index (χ1) is 7.86. The van der Waals surface area contributed by atoms with Gasteiger partial charge >= 0.3 is 0 Å². The largest absolute Gasteiger partial charge is 0.272 e. The zero-order valence-electron chi connectivity index (χ0n) is 8.63. The summed E-state index contributed by atoms with van der Waals surface area (Å²) in [5.41, 5.74) is 0.858. The zero-order chi connectivity index (χ0) is 11.0. The lowest BCUT2D eigenvalue weighted by atomic mass is 10.1. The van der Waals surface area contributed by atoms with E-state index in [4.69, 9.17) is 0 Å². The molecule has 0 bridgehead atoms. The monoisotopic (exact) mass is 210 g/mol. The smallest absolute Gasteiger partial charge is 0.252 e. The second-order valence-corrected chi connectivity index (χ2v) is 3.71. The van der Waals surface area contributed by atoms with Gasteiger partial charge in [-0.3, -0.25) is 4.79 Å². The average Bonchev–Trinajstić information content (AvgIpc) is 2.75. The number of anilines is 1. The number of carbonyl (C=O) groups is 1. The molecule has 3 heteroatoms. The summed E-state index contributed by atoms with van der Waals surface area (Å²) < 4.78 is 0. The summed E-state index contributed by atoms with van der Waals surface area (Å²) >= 11 is 0. The van der Waals surface area contributed by atoms with E-state index < -0.39 is 0 Å². The van der Waals surface area contributed by atoms with Gasteiger partial charge < -0.3 is 0 Å². The molecule has 1 amide bonds. The molecule has 0 radical (unpaired) electrons. The van der Waals surface area contributed by atoms with Gasteiger partial charge in [0.15, 0.2) is 0 Å². The number of nitrogens with zero attached hydrogens (tertiary/aromatic N) is 2. The molecule has 1 aliphatic heterocycles. The Morgan fingerprint density at radius 1 is 1.06 bits per heavy atom. The van der Waals surface area contributed by atoms with Gasteiger partial charge in [0.2, 0.25) is 0 Å². The Balaban J connectivity index is 2.23. The third-order valence-corrected chi connectivity index (χ3v) is 2.69. The molecule has 16 heavy (non-hydrogen) atoms. The van der Waals surface area contributed by atoms with Crippen LogP contribution >= 0.6 is 0 Å². The van der Waals surface area contributed by atoms with Crippen LogP contribution in [0.4, 0.5) is 5.69 Å². The van der Waals surface area contributed by atoms with Crippen LogP contribution in [0.1, 0.15) is 6.42 Å². The van der Waals surface area contributed by atoms with Gasteiger partial charge in [-0.1, -0.05) is 36.4 Å². The van der Waals surface area contributed by atoms with Crippen LogP contribution in [0.2, 0.25) is 0 Å². The zero-order valence-corrected chi connectivity index (χ0v) is 8.63. The maximum atomic E-state index is 11.6. The van der Waals surface area contributed by atoms with Crippen molar-refractivity contribution < 1.29 is 4.79 Å². The summed E-state index contributed by atoms with van der Waals surface area (Å²) in [7, 11) is 0. The number of hydrazone groups is 1. The minimum Gasteiger partial charge on any atom is -0.272 e. The van der Waals surface area contributed by atoms with Crippen LogP contribution in [0, 0.1) is 0 Å². The Morgan fingerprint density at radius 3 is 2.69 bits per heavy atom. The molecule has 3 nitrogen and oxygen atoms in total. The maximum Gasteiger partial charge on any atom is 0.252 e. The lowest BCUT2D eigenvalue weighted by Crippen LogP contribution is -2.19. The second kappa shape index (κ2) is 3.45. The molecular weight excluding hydrogens is 200 g/mol. The topological polar surface area (TPSA) is 32.7 Å². The first kappa shape index (κ1) is 9.09. The predicted molar refractivity (Wildman–Crippen MR) is 64.5 cm³/mol. The van der Waals surface area contributed by atoms with E-state index >= 15 is 0 Å². The van der Waals surface area contributed by atoms with Crippen molar-refractivity contribution in [1.82, 2.24) is 0 Å². The van der Waals surface area contributed by atoms with Crippen LogP contribution in [-0.4, -0.2) is 12.1 Å². The number of rotatable bonds is 1. The highest BCUT2D eigenvalue weighted by Gasteiger charge is 2.19. The summed E-state index contributed by atoms with van der Waals surface area (Å²) in [6.45, 7) is 0. The number of hydrogen-bond acceptors (Lipinski definition) is 2. The molecule has 0 saturated heterocycles. The predicted octanol–water partition coefficient (Wildman–Crippen LogP) is 2.56. The van der Waals surface area contributed by atoms with Gasteiger partial charge in [-0.15, -0.1) is 0 Å². The van der Waals surface area contributed by atoms with Crippen molar-refractivity contribution in [3.63, 3.8) is 0 Å². The molecule has 1 heterocycles. The van der Waals surface area contributed by atoms with E-state index in [0.29, 0.717) is 6.42 Å². The molecule has 0 aliphatic carbocycles.